The van der Waals surface area contributed by atoms with E-state index in [0.29, 0.717) is 25.5 Å². The van der Waals surface area contributed by atoms with Crippen molar-refractivity contribution in [3.63, 3.8) is 0 Å². The first kappa shape index (κ1) is 24.1. The molecule has 6 heteroatoms. The Hall–Kier alpha value is -4.58. The molecule has 0 amide bonds. The summed E-state index contributed by atoms with van der Waals surface area (Å²) in [6.45, 7) is 2.90. The van der Waals surface area contributed by atoms with Gasteiger partial charge in [0.25, 0.3) is 0 Å². The van der Waals surface area contributed by atoms with E-state index in [-0.39, 0.29) is 6.42 Å². The van der Waals surface area contributed by atoms with Crippen molar-refractivity contribution in [2.24, 2.45) is 0 Å². The van der Waals surface area contributed by atoms with Gasteiger partial charge in [-0.2, -0.15) is 0 Å². The number of hydrogen-bond acceptors (Lipinski definition) is 4. The van der Waals surface area contributed by atoms with Gasteiger partial charge in [-0.3, -0.25) is 4.79 Å². The Balaban J connectivity index is 1.25. The number of nitrogens with zero attached hydrogens (tertiary/aromatic N) is 2. The van der Waals surface area contributed by atoms with Crippen molar-refractivity contribution in [2.45, 2.75) is 32.9 Å². The van der Waals surface area contributed by atoms with E-state index >= 15 is 0 Å². The number of benzene rings is 3. The molecule has 0 aliphatic heterocycles. The van der Waals surface area contributed by atoms with Crippen LogP contribution in [-0.2, 0) is 24.4 Å². The molecule has 1 N–H and O–H groups in total. The Labute approximate surface area is 215 Å². The fraction of sp³-hybridized carbons (Fsp3) is 0.161. The fourth-order valence-corrected chi connectivity index (χ4v) is 4.29. The maximum absolute atomic E-state index is 11.2. The first-order chi connectivity index (χ1) is 18.0. The Kier molecular flexibility index (Phi) is 7.17. The zero-order chi connectivity index (χ0) is 25.6. The van der Waals surface area contributed by atoms with Gasteiger partial charge in [0, 0.05) is 36.5 Å². The maximum atomic E-state index is 11.2. The first-order valence-electron chi connectivity index (χ1n) is 12.2. The predicted octanol–water partition coefficient (Wildman–Crippen LogP) is 6.76. The minimum atomic E-state index is -0.792. The number of carboxylic acid groups (broad SMARTS) is 1. The number of ether oxygens (including phenoxy) is 1. The van der Waals surface area contributed by atoms with Gasteiger partial charge in [-0.1, -0.05) is 60.7 Å². The minimum absolute atomic E-state index is 0.105. The molecule has 0 unspecified atom stereocenters. The van der Waals surface area contributed by atoms with Gasteiger partial charge in [-0.25, -0.2) is 4.98 Å². The molecule has 186 valence electrons. The van der Waals surface area contributed by atoms with E-state index < -0.39 is 5.97 Å². The number of aryl methyl sites for hydroxylation is 2. The molecule has 0 fully saturated rings. The van der Waals surface area contributed by atoms with E-state index in [9.17, 15) is 4.79 Å². The fourth-order valence-electron chi connectivity index (χ4n) is 4.29. The molecule has 0 saturated carbocycles. The second-order valence-corrected chi connectivity index (χ2v) is 8.95. The smallest absolute Gasteiger partial charge is 0.303 e. The van der Waals surface area contributed by atoms with Crippen LogP contribution >= 0.6 is 0 Å². The number of rotatable bonds is 10. The lowest BCUT2D eigenvalue weighted by atomic mass is 10.0. The van der Waals surface area contributed by atoms with Crippen LogP contribution in [0.2, 0.25) is 0 Å². The van der Waals surface area contributed by atoms with Crippen LogP contribution in [0, 0.1) is 6.92 Å². The van der Waals surface area contributed by atoms with Crippen LogP contribution < -0.4 is 4.74 Å². The lowest BCUT2D eigenvalue weighted by Gasteiger charge is -2.07. The van der Waals surface area contributed by atoms with E-state index in [1.165, 1.54) is 0 Å². The Morgan fingerprint density at radius 1 is 0.919 bits per heavy atom. The summed E-state index contributed by atoms with van der Waals surface area (Å²) in [6.07, 6.45) is 4.74. The van der Waals surface area contributed by atoms with Crippen LogP contribution in [0.15, 0.2) is 102 Å². The highest BCUT2D eigenvalue weighted by atomic mass is 16.5. The monoisotopic (exact) mass is 492 g/mol. The van der Waals surface area contributed by atoms with Crippen molar-refractivity contribution in [1.29, 1.82) is 0 Å². The molecular weight excluding hydrogens is 464 g/mol. The molecule has 0 radical (unpaired) electrons. The second-order valence-electron chi connectivity index (χ2n) is 8.95. The number of carboxylic acids is 1. The van der Waals surface area contributed by atoms with E-state index in [0.717, 1.165) is 45.0 Å². The topological polar surface area (TPSA) is 77.5 Å². The average molecular weight is 493 g/mol. The molecule has 2 heterocycles. The molecule has 0 aliphatic rings. The summed E-state index contributed by atoms with van der Waals surface area (Å²) in [6, 6.07) is 27.9. The maximum Gasteiger partial charge on any atom is 0.303 e. The van der Waals surface area contributed by atoms with Gasteiger partial charge in [0.15, 0.2) is 0 Å². The van der Waals surface area contributed by atoms with Gasteiger partial charge in [0.1, 0.15) is 23.8 Å². The molecule has 0 spiro atoms. The Morgan fingerprint density at radius 3 is 2.27 bits per heavy atom. The second kappa shape index (κ2) is 11.0. The average Bonchev–Trinajstić information content (AvgIpc) is 3.51. The lowest BCUT2D eigenvalue weighted by Crippen LogP contribution is -1.99. The van der Waals surface area contributed by atoms with Gasteiger partial charge >= 0.3 is 5.97 Å². The summed E-state index contributed by atoms with van der Waals surface area (Å²) in [5, 5.41) is 9.16. The standard InChI is InChI=1S/C31H28N2O4/c1-22-29(32-31(37-22)25-10-6-3-7-11-25)21-36-27-15-12-23(13-16-27)18-33-19-26(14-17-30(34)35)28(20-33)24-8-4-2-5-9-24/h2-13,15-16,19-20H,14,17-18,21H2,1H3,(H,34,35). The summed E-state index contributed by atoms with van der Waals surface area (Å²) in [7, 11) is 0. The molecule has 0 aliphatic carbocycles. The number of aliphatic carboxylic acids is 1. The molecule has 0 atom stereocenters. The lowest BCUT2D eigenvalue weighted by molar-refractivity contribution is -0.136. The van der Waals surface area contributed by atoms with Crippen LogP contribution in [0.25, 0.3) is 22.6 Å². The van der Waals surface area contributed by atoms with Crippen molar-refractivity contribution >= 4 is 5.97 Å². The zero-order valence-electron chi connectivity index (χ0n) is 20.6. The highest BCUT2D eigenvalue weighted by Gasteiger charge is 2.13. The van der Waals surface area contributed by atoms with Crippen LogP contribution in [0.4, 0.5) is 0 Å². The summed E-state index contributed by atoms with van der Waals surface area (Å²) in [5.74, 6) is 1.30. The van der Waals surface area contributed by atoms with Crippen LogP contribution in [-0.4, -0.2) is 20.6 Å². The molecule has 37 heavy (non-hydrogen) atoms. The number of aromatic nitrogens is 2. The molecule has 3 aromatic carbocycles. The van der Waals surface area contributed by atoms with Gasteiger partial charge in [0.05, 0.1) is 0 Å². The van der Waals surface area contributed by atoms with Gasteiger partial charge in [-0.15, -0.1) is 0 Å². The molecule has 0 bridgehead atoms. The molecular formula is C31H28N2O4. The Morgan fingerprint density at radius 2 is 1.59 bits per heavy atom. The van der Waals surface area contributed by atoms with Crippen molar-refractivity contribution in [3.05, 3.63) is 120 Å². The third-order valence-corrected chi connectivity index (χ3v) is 6.23. The van der Waals surface area contributed by atoms with Gasteiger partial charge in [0.2, 0.25) is 5.89 Å². The van der Waals surface area contributed by atoms with Crippen molar-refractivity contribution < 1.29 is 19.1 Å². The Bertz CT molecular complexity index is 1470. The van der Waals surface area contributed by atoms with Gasteiger partial charge < -0.3 is 18.8 Å². The number of hydrogen-bond donors (Lipinski definition) is 1. The number of carbonyl (C=O) groups is 1. The van der Waals surface area contributed by atoms with Crippen molar-refractivity contribution in [1.82, 2.24) is 9.55 Å². The largest absolute Gasteiger partial charge is 0.487 e. The third kappa shape index (κ3) is 5.98. The summed E-state index contributed by atoms with van der Waals surface area (Å²) >= 11 is 0. The molecule has 2 aromatic heterocycles. The normalized spacial score (nSPS) is 10.9. The van der Waals surface area contributed by atoms with E-state index in [1.807, 2.05) is 85.9 Å². The molecule has 0 saturated heterocycles. The van der Waals surface area contributed by atoms with Crippen LogP contribution in [0.3, 0.4) is 0 Å². The van der Waals surface area contributed by atoms with E-state index in [1.54, 1.807) is 0 Å². The first-order valence-corrected chi connectivity index (χ1v) is 12.2. The van der Waals surface area contributed by atoms with E-state index in [4.69, 9.17) is 14.3 Å². The van der Waals surface area contributed by atoms with Crippen molar-refractivity contribution in [3.8, 4) is 28.3 Å². The highest BCUT2D eigenvalue weighted by Crippen LogP contribution is 2.27. The van der Waals surface area contributed by atoms with E-state index in [2.05, 4.69) is 27.9 Å². The number of oxazole rings is 1. The highest BCUT2D eigenvalue weighted by molar-refractivity contribution is 5.70. The van der Waals surface area contributed by atoms with Gasteiger partial charge in [-0.05, 0) is 54.3 Å². The zero-order valence-corrected chi connectivity index (χ0v) is 20.6. The van der Waals surface area contributed by atoms with Crippen LogP contribution in [0.1, 0.15) is 29.0 Å². The van der Waals surface area contributed by atoms with Crippen LogP contribution in [0.5, 0.6) is 5.75 Å². The molecule has 5 aromatic rings. The summed E-state index contributed by atoms with van der Waals surface area (Å²) in [4.78, 5) is 15.7. The molecule has 5 rings (SSSR count). The summed E-state index contributed by atoms with van der Waals surface area (Å²) < 4.78 is 13.9. The van der Waals surface area contributed by atoms with Crippen molar-refractivity contribution in [2.75, 3.05) is 0 Å². The minimum Gasteiger partial charge on any atom is -0.487 e. The SMILES string of the molecule is Cc1oc(-c2ccccc2)nc1COc1ccc(Cn2cc(CCC(=O)O)c(-c3ccccc3)c2)cc1. The quantitative estimate of drug-likeness (QED) is 0.233. The summed E-state index contributed by atoms with van der Waals surface area (Å²) in [5.41, 5.74) is 6.02. The molecule has 6 nitrogen and oxygen atoms in total. The third-order valence-electron chi connectivity index (χ3n) is 6.23. The predicted molar refractivity (Wildman–Crippen MR) is 142 cm³/mol.